The lowest BCUT2D eigenvalue weighted by Gasteiger charge is -2.21. The molecule has 114 valence electrons. The van der Waals surface area contributed by atoms with Crippen molar-refractivity contribution in [1.82, 2.24) is 5.32 Å². The van der Waals surface area contributed by atoms with Gasteiger partial charge < -0.3 is 9.52 Å². The Hall–Kier alpha value is -2.10. The first kappa shape index (κ1) is 14.8. The third kappa shape index (κ3) is 2.78. The van der Waals surface area contributed by atoms with Gasteiger partial charge in [-0.15, -0.1) is 0 Å². The molecular formula is C19H21NO2. The van der Waals surface area contributed by atoms with E-state index in [1.54, 1.807) is 0 Å². The van der Waals surface area contributed by atoms with E-state index in [1.807, 2.05) is 48.5 Å². The molecule has 0 aliphatic rings. The van der Waals surface area contributed by atoms with E-state index in [1.165, 1.54) is 0 Å². The van der Waals surface area contributed by atoms with Gasteiger partial charge in [-0.2, -0.15) is 0 Å². The topological polar surface area (TPSA) is 45.4 Å². The van der Waals surface area contributed by atoms with Crippen molar-refractivity contribution in [3.8, 4) is 0 Å². The predicted octanol–water partition coefficient (Wildman–Crippen LogP) is 4.13. The average Bonchev–Trinajstić information content (AvgIpc) is 2.91. The van der Waals surface area contributed by atoms with Crippen molar-refractivity contribution in [3.05, 3.63) is 71.5 Å². The zero-order valence-electron chi connectivity index (χ0n) is 12.9. The Morgan fingerprint density at radius 1 is 1.05 bits per heavy atom. The Bertz CT molecular complexity index is 748. The molecule has 2 unspecified atom stereocenters. The van der Waals surface area contributed by atoms with Crippen LogP contribution in [0.15, 0.2) is 59.0 Å². The van der Waals surface area contributed by atoms with Crippen LogP contribution in [0.25, 0.3) is 11.0 Å². The standard InChI is InChI=1S/C19H21NO2/c1-13-16-10-6-7-11-18(16)22-19(13)14(2)20-17(12-21)15-8-4-3-5-9-15/h3-11,14,17,20-21H,12H2,1-2H3. The van der Waals surface area contributed by atoms with E-state index >= 15 is 0 Å². The molecule has 0 saturated heterocycles. The number of aryl methyl sites for hydroxylation is 1. The Kier molecular flexibility index (Phi) is 4.27. The SMILES string of the molecule is Cc1c(C(C)NC(CO)c2ccccc2)oc2ccccc12. The smallest absolute Gasteiger partial charge is 0.134 e. The van der Waals surface area contributed by atoms with Gasteiger partial charge >= 0.3 is 0 Å². The number of para-hydroxylation sites is 1. The van der Waals surface area contributed by atoms with Crippen molar-refractivity contribution in [2.75, 3.05) is 6.61 Å². The number of fused-ring (bicyclic) bond motifs is 1. The number of rotatable bonds is 5. The van der Waals surface area contributed by atoms with Gasteiger partial charge in [0.05, 0.1) is 18.7 Å². The van der Waals surface area contributed by atoms with Crippen LogP contribution in [-0.2, 0) is 0 Å². The Labute approximate surface area is 130 Å². The van der Waals surface area contributed by atoms with E-state index in [0.717, 1.165) is 27.9 Å². The maximum absolute atomic E-state index is 9.69. The molecular weight excluding hydrogens is 274 g/mol. The fourth-order valence-corrected chi connectivity index (χ4v) is 2.92. The first-order valence-electron chi connectivity index (χ1n) is 7.60. The minimum atomic E-state index is -0.108. The minimum Gasteiger partial charge on any atom is -0.459 e. The summed E-state index contributed by atoms with van der Waals surface area (Å²) in [4.78, 5) is 0. The van der Waals surface area contributed by atoms with Crippen LogP contribution in [0, 0.1) is 6.92 Å². The normalized spacial score (nSPS) is 14.1. The number of furan rings is 1. The molecule has 0 bridgehead atoms. The summed E-state index contributed by atoms with van der Waals surface area (Å²) >= 11 is 0. The number of aliphatic hydroxyl groups is 1. The zero-order chi connectivity index (χ0) is 15.5. The molecule has 0 fully saturated rings. The largest absolute Gasteiger partial charge is 0.459 e. The molecule has 2 N–H and O–H groups in total. The minimum absolute atomic E-state index is 0.0183. The van der Waals surface area contributed by atoms with E-state index in [-0.39, 0.29) is 18.7 Å². The molecule has 0 spiro atoms. The maximum atomic E-state index is 9.69. The molecule has 2 atom stereocenters. The number of hydrogen-bond donors (Lipinski definition) is 2. The average molecular weight is 295 g/mol. The second-order valence-corrected chi connectivity index (χ2v) is 5.62. The summed E-state index contributed by atoms with van der Waals surface area (Å²) in [7, 11) is 0. The monoisotopic (exact) mass is 295 g/mol. The van der Waals surface area contributed by atoms with E-state index in [4.69, 9.17) is 4.42 Å². The van der Waals surface area contributed by atoms with Gasteiger partial charge in [0.25, 0.3) is 0 Å². The van der Waals surface area contributed by atoms with Crippen LogP contribution in [0.1, 0.15) is 35.9 Å². The second kappa shape index (κ2) is 6.34. The summed E-state index contributed by atoms with van der Waals surface area (Å²) in [6.07, 6.45) is 0. The molecule has 3 aromatic rings. The van der Waals surface area contributed by atoms with Gasteiger partial charge in [0, 0.05) is 5.39 Å². The van der Waals surface area contributed by atoms with Gasteiger partial charge in [0.1, 0.15) is 11.3 Å². The van der Waals surface area contributed by atoms with Crippen LogP contribution in [0.3, 0.4) is 0 Å². The molecule has 1 aromatic heterocycles. The zero-order valence-corrected chi connectivity index (χ0v) is 12.9. The summed E-state index contributed by atoms with van der Waals surface area (Å²) in [5, 5.41) is 14.3. The van der Waals surface area contributed by atoms with Crippen molar-refractivity contribution in [2.45, 2.75) is 25.9 Å². The van der Waals surface area contributed by atoms with Gasteiger partial charge in [-0.25, -0.2) is 0 Å². The van der Waals surface area contributed by atoms with Crippen LogP contribution in [0.4, 0.5) is 0 Å². The van der Waals surface area contributed by atoms with E-state index in [0.29, 0.717) is 0 Å². The highest BCUT2D eigenvalue weighted by molar-refractivity contribution is 5.82. The van der Waals surface area contributed by atoms with Gasteiger partial charge in [-0.05, 0) is 31.0 Å². The third-order valence-corrected chi connectivity index (χ3v) is 4.11. The molecule has 3 nitrogen and oxygen atoms in total. The van der Waals surface area contributed by atoms with Crippen LogP contribution < -0.4 is 5.32 Å². The highest BCUT2D eigenvalue weighted by Gasteiger charge is 2.20. The summed E-state index contributed by atoms with van der Waals surface area (Å²) in [5.74, 6) is 0.926. The van der Waals surface area contributed by atoms with Gasteiger partial charge in [0.2, 0.25) is 0 Å². The molecule has 0 amide bonds. The summed E-state index contributed by atoms with van der Waals surface area (Å²) in [6, 6.07) is 18.0. The molecule has 3 heteroatoms. The molecule has 1 heterocycles. The first-order valence-corrected chi connectivity index (χ1v) is 7.60. The van der Waals surface area contributed by atoms with E-state index in [2.05, 4.69) is 25.2 Å². The first-order chi connectivity index (χ1) is 10.7. The lowest BCUT2D eigenvalue weighted by Crippen LogP contribution is -2.27. The molecule has 0 radical (unpaired) electrons. The van der Waals surface area contributed by atoms with Crippen LogP contribution >= 0.6 is 0 Å². The Morgan fingerprint density at radius 2 is 1.73 bits per heavy atom. The quantitative estimate of drug-likeness (QED) is 0.744. The van der Waals surface area contributed by atoms with E-state index in [9.17, 15) is 5.11 Å². The molecule has 3 rings (SSSR count). The molecule has 2 aromatic carbocycles. The number of hydrogen-bond acceptors (Lipinski definition) is 3. The second-order valence-electron chi connectivity index (χ2n) is 5.62. The predicted molar refractivity (Wildman–Crippen MR) is 88.8 cm³/mol. The third-order valence-electron chi connectivity index (χ3n) is 4.11. The highest BCUT2D eigenvalue weighted by atomic mass is 16.3. The van der Waals surface area contributed by atoms with Crippen molar-refractivity contribution < 1.29 is 9.52 Å². The maximum Gasteiger partial charge on any atom is 0.134 e. The summed E-state index contributed by atoms with van der Waals surface area (Å²) in [5.41, 5.74) is 3.13. The van der Waals surface area contributed by atoms with Crippen LogP contribution in [-0.4, -0.2) is 11.7 Å². The van der Waals surface area contributed by atoms with Crippen molar-refractivity contribution in [1.29, 1.82) is 0 Å². The Morgan fingerprint density at radius 3 is 2.41 bits per heavy atom. The van der Waals surface area contributed by atoms with Gasteiger partial charge in [-0.1, -0.05) is 48.5 Å². The lowest BCUT2D eigenvalue weighted by atomic mass is 10.0. The van der Waals surface area contributed by atoms with Crippen LogP contribution in [0.2, 0.25) is 0 Å². The number of benzene rings is 2. The van der Waals surface area contributed by atoms with Crippen molar-refractivity contribution in [3.63, 3.8) is 0 Å². The molecule has 0 aliphatic carbocycles. The summed E-state index contributed by atoms with van der Waals surface area (Å²) < 4.78 is 6.00. The van der Waals surface area contributed by atoms with Crippen LogP contribution in [0.5, 0.6) is 0 Å². The van der Waals surface area contributed by atoms with Crippen molar-refractivity contribution >= 4 is 11.0 Å². The van der Waals surface area contributed by atoms with Gasteiger partial charge in [0.15, 0.2) is 0 Å². The fourth-order valence-electron chi connectivity index (χ4n) is 2.92. The molecule has 22 heavy (non-hydrogen) atoms. The highest BCUT2D eigenvalue weighted by Crippen LogP contribution is 2.30. The number of aliphatic hydroxyl groups excluding tert-OH is 1. The fraction of sp³-hybridized carbons (Fsp3) is 0.263. The molecule has 0 saturated carbocycles. The lowest BCUT2D eigenvalue weighted by molar-refractivity contribution is 0.231. The summed E-state index contributed by atoms with van der Waals surface area (Å²) in [6.45, 7) is 4.19. The van der Waals surface area contributed by atoms with Crippen molar-refractivity contribution in [2.24, 2.45) is 0 Å². The molecule has 0 aliphatic heterocycles. The number of nitrogens with one attached hydrogen (secondary N) is 1. The van der Waals surface area contributed by atoms with Gasteiger partial charge in [-0.3, -0.25) is 5.32 Å². The van der Waals surface area contributed by atoms with E-state index < -0.39 is 0 Å². The Balaban J connectivity index is 1.86.